The second-order valence-corrected chi connectivity index (χ2v) is 12.5. The average Bonchev–Trinajstić information content (AvgIpc) is 2.72. The minimum absolute atomic E-state index is 0.103. The smallest absolute Gasteiger partial charge is 0.410 e. The maximum absolute atomic E-state index is 15.0. The first-order valence-electron chi connectivity index (χ1n) is 11.4. The number of aromatic nitrogens is 1. The predicted molar refractivity (Wildman–Crippen MR) is 127 cm³/mol. The Labute approximate surface area is 200 Å². The van der Waals surface area contributed by atoms with Gasteiger partial charge in [-0.15, -0.1) is 0 Å². The number of carbonyl (C=O) groups is 1. The number of likely N-dealkylation sites (tertiary alicyclic amines) is 1. The van der Waals surface area contributed by atoms with Crippen LogP contribution in [0, 0.1) is 5.82 Å². The van der Waals surface area contributed by atoms with Crippen molar-refractivity contribution >= 4 is 15.9 Å². The van der Waals surface area contributed by atoms with Crippen molar-refractivity contribution in [2.24, 2.45) is 0 Å². The molecule has 1 saturated heterocycles. The number of hydrogen-bond donors (Lipinski definition) is 0. The summed E-state index contributed by atoms with van der Waals surface area (Å²) >= 11 is 0. The molecule has 2 aliphatic heterocycles. The van der Waals surface area contributed by atoms with Crippen LogP contribution in [-0.2, 0) is 26.7 Å². The molecule has 34 heavy (non-hydrogen) atoms. The molecule has 0 saturated carbocycles. The van der Waals surface area contributed by atoms with Crippen LogP contribution in [0.15, 0.2) is 30.5 Å². The highest BCUT2D eigenvalue weighted by atomic mass is 32.2. The molecule has 7 nitrogen and oxygen atoms in total. The third-order valence-corrected chi connectivity index (χ3v) is 7.04. The van der Waals surface area contributed by atoms with Crippen LogP contribution >= 0.6 is 0 Å². The predicted octanol–water partition coefficient (Wildman–Crippen LogP) is 4.53. The van der Waals surface area contributed by atoms with Crippen molar-refractivity contribution in [2.75, 3.05) is 19.3 Å². The number of halogens is 1. The van der Waals surface area contributed by atoms with E-state index in [1.807, 2.05) is 20.8 Å². The second-order valence-electron chi connectivity index (χ2n) is 10.3. The summed E-state index contributed by atoms with van der Waals surface area (Å²) in [6.07, 6.45) is 5.17. The van der Waals surface area contributed by atoms with Crippen molar-refractivity contribution in [3.8, 4) is 17.0 Å². The zero-order valence-corrected chi connectivity index (χ0v) is 20.9. The molecule has 0 atom stereocenters. The highest BCUT2D eigenvalue weighted by Gasteiger charge is 2.41. The molecular formula is C25H31FN2O5S. The molecule has 3 heterocycles. The van der Waals surface area contributed by atoms with Crippen molar-refractivity contribution in [1.29, 1.82) is 0 Å². The van der Waals surface area contributed by atoms with Gasteiger partial charge in [0.05, 0.1) is 11.4 Å². The number of rotatable bonds is 3. The van der Waals surface area contributed by atoms with Crippen LogP contribution in [0.5, 0.6) is 5.75 Å². The molecule has 4 rings (SSSR count). The summed E-state index contributed by atoms with van der Waals surface area (Å²) in [5, 5.41) is 0. The van der Waals surface area contributed by atoms with Crippen molar-refractivity contribution in [2.45, 2.75) is 63.4 Å². The quantitative estimate of drug-likeness (QED) is 0.629. The Morgan fingerprint density at radius 2 is 1.91 bits per heavy atom. The Hall–Kier alpha value is -2.68. The molecule has 184 valence electrons. The second kappa shape index (κ2) is 8.83. The molecule has 0 radical (unpaired) electrons. The van der Waals surface area contributed by atoms with Gasteiger partial charge >= 0.3 is 6.09 Å². The summed E-state index contributed by atoms with van der Waals surface area (Å²) in [6.45, 7) is 6.61. The van der Waals surface area contributed by atoms with Gasteiger partial charge < -0.3 is 14.4 Å². The molecule has 9 heteroatoms. The van der Waals surface area contributed by atoms with E-state index in [4.69, 9.17) is 9.47 Å². The minimum atomic E-state index is -3.16. The highest BCUT2D eigenvalue weighted by Crippen LogP contribution is 2.41. The third-order valence-electron chi connectivity index (χ3n) is 6.18. The number of aryl methyl sites for hydroxylation is 1. The standard InChI is InChI=1S/C25H31FN2O5S/c1-24(2,3)33-23(29)28-11-9-25(10-12-28)8-7-18-13-19(20(26)14-22(18)32-25)21-6-5-17(15-27-21)16-34(4,30)31/h5-6,13-15H,7-12,16H2,1-4H3. The summed E-state index contributed by atoms with van der Waals surface area (Å²) in [5.41, 5.74) is 1.34. The SMILES string of the molecule is CC(C)(C)OC(=O)N1CCC2(CCc3cc(-c4ccc(CS(C)(=O)=O)cn4)c(F)cc3O2)CC1. The van der Waals surface area contributed by atoms with E-state index < -0.39 is 26.9 Å². The van der Waals surface area contributed by atoms with Crippen LogP contribution in [0.4, 0.5) is 9.18 Å². The van der Waals surface area contributed by atoms with Crippen LogP contribution in [0.3, 0.4) is 0 Å². The molecule has 1 fully saturated rings. The lowest BCUT2D eigenvalue weighted by Crippen LogP contribution is -2.52. The fourth-order valence-electron chi connectivity index (χ4n) is 4.48. The zero-order valence-electron chi connectivity index (χ0n) is 20.1. The van der Waals surface area contributed by atoms with Crippen LogP contribution in [0.25, 0.3) is 11.3 Å². The van der Waals surface area contributed by atoms with Gasteiger partial charge in [0.1, 0.15) is 22.8 Å². The van der Waals surface area contributed by atoms with Gasteiger partial charge in [-0.25, -0.2) is 17.6 Å². The van der Waals surface area contributed by atoms with E-state index in [1.165, 1.54) is 12.3 Å². The molecule has 1 spiro atoms. The fraction of sp³-hybridized carbons (Fsp3) is 0.520. The Kier molecular flexibility index (Phi) is 6.35. The zero-order chi connectivity index (χ0) is 24.7. The molecule has 0 N–H and O–H groups in total. The van der Waals surface area contributed by atoms with Crippen LogP contribution in [-0.4, -0.2) is 54.9 Å². The van der Waals surface area contributed by atoms with Gasteiger partial charge in [-0.3, -0.25) is 4.98 Å². The minimum Gasteiger partial charge on any atom is -0.487 e. The van der Waals surface area contributed by atoms with Gasteiger partial charge in [0.15, 0.2) is 9.84 Å². The average molecular weight is 491 g/mol. The summed E-state index contributed by atoms with van der Waals surface area (Å²) in [5.74, 6) is -0.00825. The van der Waals surface area contributed by atoms with E-state index in [9.17, 15) is 13.2 Å². The number of piperidine rings is 1. The lowest BCUT2D eigenvalue weighted by atomic mass is 9.83. The first kappa shape index (κ1) is 24.4. The van der Waals surface area contributed by atoms with Crippen molar-refractivity contribution in [3.63, 3.8) is 0 Å². The maximum Gasteiger partial charge on any atom is 0.410 e. The van der Waals surface area contributed by atoms with Crippen molar-refractivity contribution in [3.05, 3.63) is 47.4 Å². The monoisotopic (exact) mass is 490 g/mol. The van der Waals surface area contributed by atoms with Gasteiger partial charge in [-0.1, -0.05) is 6.07 Å². The number of benzene rings is 1. The van der Waals surface area contributed by atoms with E-state index in [1.54, 1.807) is 23.1 Å². The van der Waals surface area contributed by atoms with Crippen LogP contribution < -0.4 is 4.74 Å². The summed E-state index contributed by atoms with van der Waals surface area (Å²) in [7, 11) is -3.16. The summed E-state index contributed by atoms with van der Waals surface area (Å²) in [6, 6.07) is 6.49. The maximum atomic E-state index is 15.0. The molecule has 1 aromatic carbocycles. The van der Waals surface area contributed by atoms with Gasteiger partial charge in [0, 0.05) is 50.0 Å². The number of ether oxygens (including phenoxy) is 2. The third kappa shape index (κ3) is 5.68. The number of pyridine rings is 1. The molecule has 2 aliphatic rings. The Morgan fingerprint density at radius 3 is 2.50 bits per heavy atom. The lowest BCUT2D eigenvalue weighted by molar-refractivity contribution is -0.0273. The lowest BCUT2D eigenvalue weighted by Gasteiger charge is -2.44. The Bertz CT molecular complexity index is 1180. The van der Waals surface area contributed by atoms with Crippen LogP contribution in [0.2, 0.25) is 0 Å². The van der Waals surface area contributed by atoms with Gasteiger partial charge in [-0.05, 0) is 56.9 Å². The molecule has 2 aromatic rings. The highest BCUT2D eigenvalue weighted by molar-refractivity contribution is 7.89. The normalized spacial score (nSPS) is 17.7. The molecule has 0 aliphatic carbocycles. The Balaban J connectivity index is 1.46. The van der Waals surface area contributed by atoms with E-state index in [-0.39, 0.29) is 11.8 Å². The van der Waals surface area contributed by atoms with Gasteiger partial charge in [0.2, 0.25) is 0 Å². The number of fused-ring (bicyclic) bond motifs is 1. The van der Waals surface area contributed by atoms with Gasteiger partial charge in [0.25, 0.3) is 0 Å². The molecule has 1 amide bonds. The van der Waals surface area contributed by atoms with E-state index in [0.29, 0.717) is 48.5 Å². The number of nitrogens with zero attached hydrogens (tertiary/aromatic N) is 2. The molecule has 1 aromatic heterocycles. The summed E-state index contributed by atoms with van der Waals surface area (Å²) < 4.78 is 49.8. The topological polar surface area (TPSA) is 85.8 Å². The van der Waals surface area contributed by atoms with Crippen molar-refractivity contribution < 1.29 is 27.1 Å². The molecular weight excluding hydrogens is 459 g/mol. The fourth-order valence-corrected chi connectivity index (χ4v) is 5.26. The first-order valence-corrected chi connectivity index (χ1v) is 13.5. The number of hydrogen-bond acceptors (Lipinski definition) is 6. The largest absolute Gasteiger partial charge is 0.487 e. The Morgan fingerprint density at radius 1 is 1.21 bits per heavy atom. The molecule has 0 bridgehead atoms. The van der Waals surface area contributed by atoms with Crippen LogP contribution in [0.1, 0.15) is 51.2 Å². The van der Waals surface area contributed by atoms with E-state index in [2.05, 4.69) is 4.98 Å². The van der Waals surface area contributed by atoms with E-state index in [0.717, 1.165) is 24.7 Å². The van der Waals surface area contributed by atoms with Crippen molar-refractivity contribution in [1.82, 2.24) is 9.88 Å². The number of amides is 1. The number of carbonyl (C=O) groups excluding carboxylic acids is 1. The first-order chi connectivity index (χ1) is 15.8. The molecule has 0 unspecified atom stereocenters. The number of sulfone groups is 1. The summed E-state index contributed by atoms with van der Waals surface area (Å²) in [4.78, 5) is 18.4. The van der Waals surface area contributed by atoms with E-state index >= 15 is 4.39 Å². The van der Waals surface area contributed by atoms with Gasteiger partial charge in [-0.2, -0.15) is 0 Å².